The minimum Gasteiger partial charge on any atom is -0.480 e. The van der Waals surface area contributed by atoms with Crippen molar-refractivity contribution in [3.63, 3.8) is 0 Å². The lowest BCUT2D eigenvalue weighted by Gasteiger charge is -2.15. The molecule has 6 nitrogen and oxygen atoms in total. The van der Waals surface area contributed by atoms with Gasteiger partial charge in [0.05, 0.1) is 6.10 Å². The van der Waals surface area contributed by atoms with Crippen LogP contribution in [0.15, 0.2) is 30.3 Å². The van der Waals surface area contributed by atoms with Gasteiger partial charge in [0.2, 0.25) is 5.91 Å². The Hall–Kier alpha value is -2.34. The molecule has 19 heavy (non-hydrogen) atoms. The van der Waals surface area contributed by atoms with Gasteiger partial charge < -0.3 is 21.3 Å². The number of nitrogen functional groups attached to an aromatic ring is 1. The number of aliphatic hydroxyl groups is 1. The average Bonchev–Trinajstić information content (AvgIpc) is 2.34. The van der Waals surface area contributed by atoms with Crippen LogP contribution < -0.4 is 11.1 Å². The zero-order valence-electron chi connectivity index (χ0n) is 10.4. The number of benzene rings is 1. The van der Waals surface area contributed by atoms with E-state index in [-0.39, 0.29) is 0 Å². The maximum Gasteiger partial charge on any atom is 0.328 e. The zero-order valence-corrected chi connectivity index (χ0v) is 10.4. The number of carbonyl (C=O) groups excluding carboxylic acids is 1. The van der Waals surface area contributed by atoms with Crippen molar-refractivity contribution in [2.75, 3.05) is 5.73 Å². The largest absolute Gasteiger partial charge is 0.480 e. The summed E-state index contributed by atoms with van der Waals surface area (Å²) in [6, 6.07) is 5.50. The maximum absolute atomic E-state index is 11.5. The number of rotatable bonds is 5. The van der Waals surface area contributed by atoms with Crippen molar-refractivity contribution < 1.29 is 19.8 Å². The maximum atomic E-state index is 11.5. The monoisotopic (exact) mass is 264 g/mol. The van der Waals surface area contributed by atoms with Crippen LogP contribution >= 0.6 is 0 Å². The third-order valence-electron chi connectivity index (χ3n) is 2.41. The number of carboxylic acids is 1. The summed E-state index contributed by atoms with van der Waals surface area (Å²) in [7, 11) is 0. The number of anilines is 1. The third-order valence-corrected chi connectivity index (χ3v) is 2.41. The topological polar surface area (TPSA) is 113 Å². The molecule has 2 atom stereocenters. The molecule has 0 saturated carbocycles. The van der Waals surface area contributed by atoms with E-state index in [4.69, 9.17) is 10.8 Å². The molecule has 0 fully saturated rings. The Morgan fingerprint density at radius 1 is 1.32 bits per heavy atom. The van der Waals surface area contributed by atoms with Crippen molar-refractivity contribution in [3.05, 3.63) is 35.9 Å². The first kappa shape index (κ1) is 14.7. The highest BCUT2D eigenvalue weighted by Gasteiger charge is 2.23. The van der Waals surface area contributed by atoms with E-state index in [1.165, 1.54) is 19.1 Å². The summed E-state index contributed by atoms with van der Waals surface area (Å²) in [5.41, 5.74) is 6.89. The smallest absolute Gasteiger partial charge is 0.328 e. The van der Waals surface area contributed by atoms with Crippen LogP contribution in [0.5, 0.6) is 0 Å². The van der Waals surface area contributed by atoms with Crippen LogP contribution in [0.25, 0.3) is 6.08 Å². The van der Waals surface area contributed by atoms with E-state index >= 15 is 0 Å². The molecule has 1 aromatic carbocycles. The Kier molecular flexibility index (Phi) is 5.08. The highest BCUT2D eigenvalue weighted by atomic mass is 16.4. The molecular weight excluding hydrogens is 248 g/mol. The second kappa shape index (κ2) is 6.55. The van der Waals surface area contributed by atoms with Gasteiger partial charge >= 0.3 is 5.97 Å². The van der Waals surface area contributed by atoms with E-state index in [1.54, 1.807) is 24.3 Å². The van der Waals surface area contributed by atoms with Crippen molar-refractivity contribution in [2.24, 2.45) is 0 Å². The van der Waals surface area contributed by atoms with Crippen molar-refractivity contribution in [3.8, 4) is 0 Å². The molecular formula is C13H16N2O4. The second-order valence-electron chi connectivity index (χ2n) is 4.07. The lowest BCUT2D eigenvalue weighted by Crippen LogP contribution is -2.47. The molecule has 102 valence electrons. The van der Waals surface area contributed by atoms with Crippen LogP contribution in [0, 0.1) is 0 Å². The number of aliphatic hydroxyl groups excluding tert-OH is 1. The summed E-state index contributed by atoms with van der Waals surface area (Å²) in [4.78, 5) is 22.3. The van der Waals surface area contributed by atoms with E-state index < -0.39 is 24.0 Å². The van der Waals surface area contributed by atoms with E-state index in [9.17, 15) is 14.7 Å². The van der Waals surface area contributed by atoms with E-state index in [1.807, 2.05) is 0 Å². The fourth-order valence-electron chi connectivity index (χ4n) is 1.37. The molecule has 6 heteroatoms. The number of nitrogens with one attached hydrogen (secondary N) is 1. The van der Waals surface area contributed by atoms with Gasteiger partial charge in [-0.25, -0.2) is 4.79 Å². The number of aliphatic carboxylic acids is 1. The number of amides is 1. The van der Waals surface area contributed by atoms with Crippen LogP contribution in [0.3, 0.4) is 0 Å². The van der Waals surface area contributed by atoms with Crippen LogP contribution in [0.2, 0.25) is 0 Å². The fourth-order valence-corrected chi connectivity index (χ4v) is 1.37. The highest BCUT2D eigenvalue weighted by molar-refractivity contribution is 5.94. The van der Waals surface area contributed by atoms with E-state index in [0.29, 0.717) is 5.69 Å². The normalized spacial score (nSPS) is 14.0. The number of carboxylic acid groups (broad SMARTS) is 1. The molecule has 0 bridgehead atoms. The molecule has 0 saturated heterocycles. The first-order valence-electron chi connectivity index (χ1n) is 5.65. The average molecular weight is 264 g/mol. The molecule has 0 aliphatic rings. The Morgan fingerprint density at radius 2 is 1.89 bits per heavy atom. The van der Waals surface area contributed by atoms with Gasteiger partial charge in [0.25, 0.3) is 0 Å². The van der Waals surface area contributed by atoms with Crippen molar-refractivity contribution in [1.82, 2.24) is 5.32 Å². The minimum atomic E-state index is -1.33. The summed E-state index contributed by atoms with van der Waals surface area (Å²) < 4.78 is 0. The molecule has 0 aromatic heterocycles. The molecule has 1 amide bonds. The van der Waals surface area contributed by atoms with Gasteiger partial charge in [-0.2, -0.15) is 0 Å². The number of hydrogen-bond acceptors (Lipinski definition) is 4. The number of hydrogen-bond donors (Lipinski definition) is 4. The lowest BCUT2D eigenvalue weighted by molar-refractivity contribution is -0.144. The van der Waals surface area contributed by atoms with Gasteiger partial charge in [-0.15, -0.1) is 0 Å². The molecule has 0 aliphatic carbocycles. The summed E-state index contributed by atoms with van der Waals surface area (Å²) in [6.45, 7) is 1.29. The summed E-state index contributed by atoms with van der Waals surface area (Å²) in [5.74, 6) is -1.88. The minimum absolute atomic E-state index is 0.592. The standard InChI is InChI=1S/C13H16N2O4/c1-8(16)12(13(18)19)15-11(17)7-4-9-2-5-10(14)6-3-9/h2-8,12,16H,14H2,1H3,(H,15,17)(H,18,19)/b7-4+/t8-,12+/m1/s1. The summed E-state index contributed by atoms with van der Waals surface area (Å²) in [6.07, 6.45) is 1.55. The Bertz CT molecular complexity index is 480. The Balaban J connectivity index is 2.64. The van der Waals surface area contributed by atoms with Crippen molar-refractivity contribution in [2.45, 2.75) is 19.1 Å². The van der Waals surface area contributed by atoms with Gasteiger partial charge in [-0.1, -0.05) is 12.1 Å². The van der Waals surface area contributed by atoms with Crippen LogP contribution in [0.1, 0.15) is 12.5 Å². The van der Waals surface area contributed by atoms with Crippen molar-refractivity contribution in [1.29, 1.82) is 0 Å². The highest BCUT2D eigenvalue weighted by Crippen LogP contribution is 2.06. The molecule has 0 aliphatic heterocycles. The van der Waals surface area contributed by atoms with Gasteiger partial charge in [-0.3, -0.25) is 4.79 Å². The van der Waals surface area contributed by atoms with Crippen LogP contribution in [0.4, 0.5) is 5.69 Å². The molecule has 0 spiro atoms. The van der Waals surface area contributed by atoms with Crippen molar-refractivity contribution >= 4 is 23.6 Å². The predicted molar refractivity (Wildman–Crippen MR) is 71.1 cm³/mol. The van der Waals surface area contributed by atoms with Gasteiger partial charge in [-0.05, 0) is 30.7 Å². The molecule has 0 radical (unpaired) electrons. The second-order valence-corrected chi connectivity index (χ2v) is 4.07. The van der Waals surface area contributed by atoms with Gasteiger partial charge in [0.15, 0.2) is 6.04 Å². The Morgan fingerprint density at radius 3 is 2.37 bits per heavy atom. The zero-order chi connectivity index (χ0) is 14.4. The first-order chi connectivity index (χ1) is 8.90. The third kappa shape index (κ3) is 4.81. The molecule has 0 heterocycles. The molecule has 5 N–H and O–H groups in total. The molecule has 1 rings (SSSR count). The quantitative estimate of drug-likeness (QED) is 0.449. The SMILES string of the molecule is C[C@@H](O)[C@H](NC(=O)/C=C/c1ccc(N)cc1)C(=O)O. The molecule has 1 aromatic rings. The fraction of sp³-hybridized carbons (Fsp3) is 0.231. The first-order valence-corrected chi connectivity index (χ1v) is 5.65. The number of carbonyl (C=O) groups is 2. The van der Waals surface area contributed by atoms with E-state index in [0.717, 1.165) is 5.56 Å². The van der Waals surface area contributed by atoms with Crippen LogP contribution in [-0.2, 0) is 9.59 Å². The van der Waals surface area contributed by atoms with E-state index in [2.05, 4.69) is 5.32 Å². The van der Waals surface area contributed by atoms with Gasteiger partial charge in [0.1, 0.15) is 0 Å². The molecule has 0 unspecified atom stereocenters. The predicted octanol–water partition coefficient (Wildman–Crippen LogP) is 0.232. The summed E-state index contributed by atoms with van der Waals surface area (Å²) in [5, 5.41) is 20.2. The summed E-state index contributed by atoms with van der Waals surface area (Å²) >= 11 is 0. The number of nitrogens with two attached hydrogens (primary N) is 1. The van der Waals surface area contributed by atoms with Crippen LogP contribution in [-0.4, -0.2) is 34.2 Å². The lowest BCUT2D eigenvalue weighted by atomic mass is 10.1. The Labute approximate surface area is 110 Å². The van der Waals surface area contributed by atoms with Gasteiger partial charge in [0, 0.05) is 11.8 Å².